The molecular formula is C20H25N3O2. The Morgan fingerprint density at radius 1 is 1.04 bits per heavy atom. The molecule has 1 heterocycles. The molecule has 0 radical (unpaired) electrons. The summed E-state index contributed by atoms with van der Waals surface area (Å²) < 4.78 is 5.38. The van der Waals surface area contributed by atoms with Crippen LogP contribution >= 0.6 is 0 Å². The summed E-state index contributed by atoms with van der Waals surface area (Å²) >= 11 is 0. The number of nitrogens with zero attached hydrogens (tertiary/aromatic N) is 2. The minimum Gasteiger partial charge on any atom is -0.495 e. The van der Waals surface area contributed by atoms with Crippen molar-refractivity contribution in [3.63, 3.8) is 0 Å². The van der Waals surface area contributed by atoms with Crippen LogP contribution in [-0.4, -0.2) is 44.1 Å². The van der Waals surface area contributed by atoms with Gasteiger partial charge in [-0.2, -0.15) is 0 Å². The van der Waals surface area contributed by atoms with Gasteiger partial charge < -0.3 is 15.4 Å². The summed E-state index contributed by atoms with van der Waals surface area (Å²) in [5.74, 6) is 0.843. The maximum Gasteiger partial charge on any atom is 0.241 e. The molecule has 1 saturated heterocycles. The Morgan fingerprint density at radius 3 is 2.44 bits per heavy atom. The van der Waals surface area contributed by atoms with E-state index in [1.165, 1.54) is 11.1 Å². The van der Waals surface area contributed by atoms with Gasteiger partial charge in [-0.05, 0) is 36.2 Å². The molecule has 5 heteroatoms. The molecule has 2 aromatic carbocycles. The van der Waals surface area contributed by atoms with E-state index in [-0.39, 0.29) is 5.91 Å². The number of carbonyl (C=O) groups is 1. The fraction of sp³-hybridized carbons (Fsp3) is 0.350. The van der Waals surface area contributed by atoms with Gasteiger partial charge in [-0.15, -0.1) is 0 Å². The molecule has 1 amide bonds. The third-order valence-electron chi connectivity index (χ3n) is 4.54. The van der Waals surface area contributed by atoms with Crippen LogP contribution in [0.2, 0.25) is 0 Å². The van der Waals surface area contributed by atoms with Crippen molar-refractivity contribution in [2.45, 2.75) is 13.0 Å². The van der Waals surface area contributed by atoms with Crippen LogP contribution < -0.4 is 15.4 Å². The van der Waals surface area contributed by atoms with E-state index in [0.717, 1.165) is 30.9 Å². The van der Waals surface area contributed by atoms with Crippen molar-refractivity contribution in [3.05, 3.63) is 59.7 Å². The van der Waals surface area contributed by atoms with Crippen LogP contribution in [0, 0.1) is 0 Å². The molecule has 2 aromatic rings. The second-order valence-electron chi connectivity index (χ2n) is 6.28. The monoisotopic (exact) mass is 339 g/mol. The smallest absolute Gasteiger partial charge is 0.241 e. The van der Waals surface area contributed by atoms with Gasteiger partial charge in [-0.3, -0.25) is 9.69 Å². The van der Waals surface area contributed by atoms with Crippen LogP contribution in [0.5, 0.6) is 5.75 Å². The SMILES string of the molecule is COc1ccccc1N1CCN(Cc2ccc(CCN)cc2)CC1=O. The second kappa shape index (κ2) is 8.14. The van der Waals surface area contributed by atoms with E-state index < -0.39 is 0 Å². The fourth-order valence-electron chi connectivity index (χ4n) is 3.20. The Morgan fingerprint density at radius 2 is 1.76 bits per heavy atom. The molecule has 25 heavy (non-hydrogen) atoms. The van der Waals surface area contributed by atoms with Crippen molar-refractivity contribution in [1.29, 1.82) is 0 Å². The Balaban J connectivity index is 1.62. The third-order valence-corrected chi connectivity index (χ3v) is 4.54. The van der Waals surface area contributed by atoms with Crippen LogP contribution in [0.3, 0.4) is 0 Å². The molecule has 0 aliphatic carbocycles. The van der Waals surface area contributed by atoms with E-state index in [4.69, 9.17) is 10.5 Å². The molecule has 1 aliphatic rings. The molecule has 0 aromatic heterocycles. The highest BCUT2D eigenvalue weighted by atomic mass is 16.5. The number of hydrogen-bond acceptors (Lipinski definition) is 4. The minimum atomic E-state index is 0.107. The van der Waals surface area contributed by atoms with E-state index in [0.29, 0.717) is 19.6 Å². The number of benzene rings is 2. The lowest BCUT2D eigenvalue weighted by Gasteiger charge is -2.34. The Bertz CT molecular complexity index is 715. The number of para-hydroxylation sites is 2. The molecule has 132 valence electrons. The molecule has 5 nitrogen and oxygen atoms in total. The largest absolute Gasteiger partial charge is 0.495 e. The minimum absolute atomic E-state index is 0.107. The van der Waals surface area contributed by atoms with Crippen molar-refractivity contribution in [1.82, 2.24) is 4.90 Å². The molecular weight excluding hydrogens is 314 g/mol. The zero-order valence-electron chi connectivity index (χ0n) is 14.6. The molecule has 1 aliphatic heterocycles. The Labute approximate surface area is 149 Å². The lowest BCUT2D eigenvalue weighted by atomic mass is 10.1. The summed E-state index contributed by atoms with van der Waals surface area (Å²) in [6, 6.07) is 16.2. The van der Waals surface area contributed by atoms with Crippen LogP contribution in [0.1, 0.15) is 11.1 Å². The van der Waals surface area contributed by atoms with Gasteiger partial charge in [0, 0.05) is 19.6 Å². The van der Waals surface area contributed by atoms with Gasteiger partial charge in [0.1, 0.15) is 5.75 Å². The van der Waals surface area contributed by atoms with Crippen molar-refractivity contribution < 1.29 is 9.53 Å². The summed E-state index contributed by atoms with van der Waals surface area (Å²) in [6.07, 6.45) is 0.899. The third kappa shape index (κ3) is 4.18. The standard InChI is InChI=1S/C20H25N3O2/c1-25-19-5-3-2-4-18(19)23-13-12-22(15-20(23)24)14-17-8-6-16(7-9-17)10-11-21/h2-9H,10-15,21H2,1H3. The van der Waals surface area contributed by atoms with Gasteiger partial charge in [-0.1, -0.05) is 36.4 Å². The average molecular weight is 339 g/mol. The molecule has 3 rings (SSSR count). The maximum atomic E-state index is 12.6. The molecule has 0 spiro atoms. The van der Waals surface area contributed by atoms with Crippen molar-refractivity contribution >= 4 is 11.6 Å². The summed E-state index contributed by atoms with van der Waals surface area (Å²) in [7, 11) is 1.63. The molecule has 0 saturated carbocycles. The van der Waals surface area contributed by atoms with Crippen LogP contribution in [0.4, 0.5) is 5.69 Å². The number of hydrogen-bond donors (Lipinski definition) is 1. The first-order valence-electron chi connectivity index (χ1n) is 8.65. The fourth-order valence-corrected chi connectivity index (χ4v) is 3.20. The van der Waals surface area contributed by atoms with Crippen LogP contribution in [-0.2, 0) is 17.8 Å². The predicted octanol–water partition coefficient (Wildman–Crippen LogP) is 2.05. The number of nitrogens with two attached hydrogens (primary N) is 1. The van der Waals surface area contributed by atoms with Gasteiger partial charge in [0.05, 0.1) is 19.3 Å². The Hall–Kier alpha value is -2.37. The highest BCUT2D eigenvalue weighted by molar-refractivity contribution is 5.96. The van der Waals surface area contributed by atoms with Crippen molar-refractivity contribution in [2.24, 2.45) is 5.73 Å². The van der Waals surface area contributed by atoms with E-state index in [1.54, 1.807) is 7.11 Å². The van der Waals surface area contributed by atoms with E-state index in [2.05, 4.69) is 29.2 Å². The van der Waals surface area contributed by atoms with E-state index in [1.807, 2.05) is 29.2 Å². The quantitative estimate of drug-likeness (QED) is 0.875. The van der Waals surface area contributed by atoms with E-state index in [9.17, 15) is 4.79 Å². The first-order chi connectivity index (χ1) is 12.2. The summed E-state index contributed by atoms with van der Waals surface area (Å²) in [5.41, 5.74) is 8.91. The molecule has 0 atom stereocenters. The van der Waals surface area contributed by atoms with Crippen LogP contribution in [0.25, 0.3) is 0 Å². The van der Waals surface area contributed by atoms with Crippen molar-refractivity contribution in [3.8, 4) is 5.75 Å². The van der Waals surface area contributed by atoms with Gasteiger partial charge >= 0.3 is 0 Å². The zero-order chi connectivity index (χ0) is 17.6. The summed E-state index contributed by atoms with van der Waals surface area (Å²) in [5, 5.41) is 0. The topological polar surface area (TPSA) is 58.8 Å². The molecule has 0 unspecified atom stereocenters. The lowest BCUT2D eigenvalue weighted by Crippen LogP contribution is -2.50. The highest BCUT2D eigenvalue weighted by Gasteiger charge is 2.26. The first-order valence-corrected chi connectivity index (χ1v) is 8.65. The number of anilines is 1. The lowest BCUT2D eigenvalue weighted by molar-refractivity contribution is -0.121. The van der Waals surface area contributed by atoms with Gasteiger partial charge in [-0.25, -0.2) is 0 Å². The molecule has 2 N–H and O–H groups in total. The number of methoxy groups -OCH3 is 1. The average Bonchev–Trinajstić information content (AvgIpc) is 2.64. The number of amides is 1. The molecule has 1 fully saturated rings. The van der Waals surface area contributed by atoms with E-state index >= 15 is 0 Å². The number of ether oxygens (including phenoxy) is 1. The number of piperazine rings is 1. The van der Waals surface area contributed by atoms with Gasteiger partial charge in [0.25, 0.3) is 0 Å². The highest BCUT2D eigenvalue weighted by Crippen LogP contribution is 2.29. The van der Waals surface area contributed by atoms with Gasteiger partial charge in [0.15, 0.2) is 0 Å². The summed E-state index contributed by atoms with van der Waals surface area (Å²) in [6.45, 7) is 3.38. The van der Waals surface area contributed by atoms with Crippen molar-refractivity contribution in [2.75, 3.05) is 38.2 Å². The number of rotatable bonds is 6. The zero-order valence-corrected chi connectivity index (χ0v) is 14.6. The maximum absolute atomic E-state index is 12.6. The first kappa shape index (κ1) is 17.5. The summed E-state index contributed by atoms with van der Waals surface area (Å²) in [4.78, 5) is 16.6. The van der Waals surface area contributed by atoms with Crippen LogP contribution in [0.15, 0.2) is 48.5 Å². The van der Waals surface area contributed by atoms with Gasteiger partial charge in [0.2, 0.25) is 5.91 Å². The normalized spacial score (nSPS) is 15.4. The Kier molecular flexibility index (Phi) is 5.68. The molecule has 0 bridgehead atoms. The predicted molar refractivity (Wildman–Crippen MR) is 99.8 cm³/mol. The number of carbonyl (C=O) groups excluding carboxylic acids is 1. The second-order valence-corrected chi connectivity index (χ2v) is 6.28.